The van der Waals surface area contributed by atoms with Crippen LogP contribution in [0.15, 0.2) is 11.8 Å². The number of hydrogen-bond donors (Lipinski definition) is 0. The maximum atomic E-state index is 2.50. The molecule has 0 aromatic carbocycles. The molecule has 0 aliphatic carbocycles. The summed E-state index contributed by atoms with van der Waals surface area (Å²) in [4.78, 5) is 2.50. The van der Waals surface area contributed by atoms with Crippen LogP contribution < -0.4 is 0 Å². The van der Waals surface area contributed by atoms with Crippen molar-refractivity contribution in [2.75, 3.05) is 13.1 Å². The van der Waals surface area contributed by atoms with Gasteiger partial charge in [0.15, 0.2) is 0 Å². The number of hydrogen-bond acceptors (Lipinski definition) is 1. The lowest BCUT2D eigenvalue weighted by Crippen LogP contribution is -2.15. The zero-order chi connectivity index (χ0) is 13.1. The van der Waals surface area contributed by atoms with Crippen molar-refractivity contribution in [3.8, 4) is 0 Å². The fourth-order valence-corrected chi connectivity index (χ4v) is 2.74. The van der Waals surface area contributed by atoms with E-state index >= 15 is 0 Å². The Bertz CT molecular complexity index is 220. The Balaban J connectivity index is 1.76. The SMILES string of the molecule is CCCCCCCCCCCCN1C=C(C)CC1. The van der Waals surface area contributed by atoms with E-state index in [1.54, 1.807) is 5.57 Å². The lowest BCUT2D eigenvalue weighted by molar-refractivity contribution is 0.387. The van der Waals surface area contributed by atoms with Crippen molar-refractivity contribution in [1.29, 1.82) is 0 Å². The van der Waals surface area contributed by atoms with E-state index in [0.29, 0.717) is 0 Å². The molecule has 0 saturated carbocycles. The molecule has 18 heavy (non-hydrogen) atoms. The minimum Gasteiger partial charge on any atom is -0.377 e. The van der Waals surface area contributed by atoms with Crippen LogP contribution in [-0.4, -0.2) is 18.0 Å². The van der Waals surface area contributed by atoms with Crippen molar-refractivity contribution in [3.63, 3.8) is 0 Å². The van der Waals surface area contributed by atoms with Gasteiger partial charge in [-0.15, -0.1) is 0 Å². The number of unbranched alkanes of at least 4 members (excludes halogenated alkanes) is 9. The summed E-state index contributed by atoms with van der Waals surface area (Å²) in [6.45, 7) is 7.09. The van der Waals surface area contributed by atoms with Crippen LogP contribution in [0.3, 0.4) is 0 Å². The molecule has 1 heteroatoms. The van der Waals surface area contributed by atoms with Gasteiger partial charge in [-0.05, 0) is 26.0 Å². The molecule has 1 rings (SSSR count). The maximum absolute atomic E-state index is 2.50. The molecule has 0 radical (unpaired) electrons. The van der Waals surface area contributed by atoms with Crippen LogP contribution in [0.5, 0.6) is 0 Å². The smallest absolute Gasteiger partial charge is 0.0210 e. The number of nitrogens with zero attached hydrogens (tertiary/aromatic N) is 1. The molecule has 0 amide bonds. The summed E-state index contributed by atoms with van der Waals surface area (Å²) in [6, 6.07) is 0. The minimum absolute atomic E-state index is 1.27. The van der Waals surface area contributed by atoms with E-state index in [-0.39, 0.29) is 0 Å². The highest BCUT2D eigenvalue weighted by Gasteiger charge is 2.07. The van der Waals surface area contributed by atoms with Gasteiger partial charge in [0, 0.05) is 13.1 Å². The fraction of sp³-hybridized carbons (Fsp3) is 0.882. The fourth-order valence-electron chi connectivity index (χ4n) is 2.74. The molecule has 0 aromatic heterocycles. The Hall–Kier alpha value is -0.460. The summed E-state index contributed by atoms with van der Waals surface area (Å²) in [7, 11) is 0. The summed E-state index contributed by atoms with van der Waals surface area (Å²) in [5, 5.41) is 0. The molecule has 1 aliphatic heterocycles. The topological polar surface area (TPSA) is 3.24 Å². The van der Waals surface area contributed by atoms with E-state index in [2.05, 4.69) is 24.9 Å². The first-order valence-corrected chi connectivity index (χ1v) is 8.24. The molecule has 0 atom stereocenters. The second-order valence-corrected chi connectivity index (χ2v) is 5.94. The van der Waals surface area contributed by atoms with Crippen LogP contribution in [0, 0.1) is 0 Å². The Morgan fingerprint density at radius 1 is 0.889 bits per heavy atom. The summed E-state index contributed by atoms with van der Waals surface area (Å²) >= 11 is 0. The quantitative estimate of drug-likeness (QED) is 0.437. The van der Waals surface area contributed by atoms with E-state index in [1.807, 2.05) is 0 Å². The van der Waals surface area contributed by atoms with Gasteiger partial charge in [-0.25, -0.2) is 0 Å². The molecule has 1 heterocycles. The van der Waals surface area contributed by atoms with Crippen LogP contribution >= 0.6 is 0 Å². The van der Waals surface area contributed by atoms with Gasteiger partial charge in [0.2, 0.25) is 0 Å². The second-order valence-electron chi connectivity index (χ2n) is 5.94. The molecule has 0 N–H and O–H groups in total. The third-order valence-electron chi connectivity index (χ3n) is 4.00. The zero-order valence-corrected chi connectivity index (χ0v) is 12.7. The van der Waals surface area contributed by atoms with Crippen molar-refractivity contribution in [2.24, 2.45) is 0 Å². The first-order chi connectivity index (χ1) is 8.83. The Kier molecular flexibility index (Phi) is 9.06. The molecule has 0 bridgehead atoms. The highest BCUT2D eigenvalue weighted by molar-refractivity contribution is 5.04. The van der Waals surface area contributed by atoms with Crippen LogP contribution in [0.4, 0.5) is 0 Å². The average molecular weight is 251 g/mol. The molecular weight excluding hydrogens is 218 g/mol. The van der Waals surface area contributed by atoms with Crippen molar-refractivity contribution in [2.45, 2.75) is 84.5 Å². The van der Waals surface area contributed by atoms with Gasteiger partial charge in [-0.2, -0.15) is 0 Å². The van der Waals surface area contributed by atoms with Gasteiger partial charge in [-0.1, -0.05) is 70.3 Å². The first kappa shape index (κ1) is 15.6. The summed E-state index contributed by atoms with van der Waals surface area (Å²) < 4.78 is 0. The van der Waals surface area contributed by atoms with E-state index in [1.165, 1.54) is 83.7 Å². The summed E-state index contributed by atoms with van der Waals surface area (Å²) in [5.41, 5.74) is 1.56. The largest absolute Gasteiger partial charge is 0.377 e. The van der Waals surface area contributed by atoms with Gasteiger partial charge >= 0.3 is 0 Å². The molecule has 0 unspecified atom stereocenters. The van der Waals surface area contributed by atoms with E-state index in [0.717, 1.165) is 0 Å². The molecule has 106 valence electrons. The maximum Gasteiger partial charge on any atom is 0.0210 e. The third-order valence-corrected chi connectivity index (χ3v) is 4.00. The first-order valence-electron chi connectivity index (χ1n) is 8.24. The lowest BCUT2D eigenvalue weighted by Gasteiger charge is -2.14. The molecule has 0 saturated heterocycles. The van der Waals surface area contributed by atoms with Gasteiger partial charge in [0.05, 0.1) is 0 Å². The van der Waals surface area contributed by atoms with Gasteiger partial charge < -0.3 is 4.90 Å². The molecule has 0 spiro atoms. The van der Waals surface area contributed by atoms with E-state index in [9.17, 15) is 0 Å². The van der Waals surface area contributed by atoms with Crippen molar-refractivity contribution >= 4 is 0 Å². The molecule has 1 aliphatic rings. The highest BCUT2D eigenvalue weighted by Crippen LogP contribution is 2.15. The monoisotopic (exact) mass is 251 g/mol. The Morgan fingerprint density at radius 3 is 1.94 bits per heavy atom. The number of rotatable bonds is 11. The zero-order valence-electron chi connectivity index (χ0n) is 12.7. The predicted octanol–water partition coefficient (Wildman–Crippen LogP) is 5.52. The van der Waals surface area contributed by atoms with Crippen LogP contribution in [0.25, 0.3) is 0 Å². The van der Waals surface area contributed by atoms with E-state index in [4.69, 9.17) is 0 Å². The van der Waals surface area contributed by atoms with Crippen molar-refractivity contribution < 1.29 is 0 Å². The van der Waals surface area contributed by atoms with Crippen LogP contribution in [-0.2, 0) is 0 Å². The van der Waals surface area contributed by atoms with Gasteiger partial charge in [-0.3, -0.25) is 0 Å². The molecular formula is C17H33N. The van der Waals surface area contributed by atoms with Crippen LogP contribution in [0.2, 0.25) is 0 Å². The molecule has 1 nitrogen and oxygen atoms in total. The lowest BCUT2D eigenvalue weighted by atomic mass is 10.1. The Labute approximate surface area is 115 Å². The summed E-state index contributed by atoms with van der Waals surface area (Å²) in [5.74, 6) is 0. The van der Waals surface area contributed by atoms with Gasteiger partial charge in [0.1, 0.15) is 0 Å². The van der Waals surface area contributed by atoms with Crippen LogP contribution in [0.1, 0.15) is 84.5 Å². The molecule has 0 fully saturated rings. The van der Waals surface area contributed by atoms with Crippen molar-refractivity contribution in [3.05, 3.63) is 11.8 Å². The Morgan fingerprint density at radius 2 is 1.44 bits per heavy atom. The second kappa shape index (κ2) is 10.5. The standard InChI is InChI=1S/C17H33N/c1-3-4-5-6-7-8-9-10-11-12-14-18-15-13-17(2)16-18/h16H,3-15H2,1-2H3. The van der Waals surface area contributed by atoms with Gasteiger partial charge in [0.25, 0.3) is 0 Å². The molecule has 0 aromatic rings. The predicted molar refractivity (Wildman–Crippen MR) is 81.8 cm³/mol. The summed E-state index contributed by atoms with van der Waals surface area (Å²) in [6.07, 6.45) is 18.0. The highest BCUT2D eigenvalue weighted by atomic mass is 15.1. The average Bonchev–Trinajstić information content (AvgIpc) is 2.77. The van der Waals surface area contributed by atoms with E-state index < -0.39 is 0 Å². The normalized spacial score (nSPS) is 15.2. The minimum atomic E-state index is 1.27. The third kappa shape index (κ3) is 7.79. The van der Waals surface area contributed by atoms with Crippen molar-refractivity contribution in [1.82, 2.24) is 4.90 Å².